The molecule has 1 aromatic heterocycles. The van der Waals surface area contributed by atoms with E-state index in [9.17, 15) is 0 Å². The van der Waals surface area contributed by atoms with Crippen LogP contribution in [0, 0.1) is 11.3 Å². The summed E-state index contributed by atoms with van der Waals surface area (Å²) in [6.45, 7) is 4.20. The molecule has 0 fully saturated rings. The minimum Gasteiger partial charge on any atom is -0.365 e. The first-order valence-electron chi connectivity index (χ1n) is 5.64. The molecule has 0 saturated heterocycles. The summed E-state index contributed by atoms with van der Waals surface area (Å²) < 4.78 is 0. The van der Waals surface area contributed by atoms with Crippen LogP contribution in [0.15, 0.2) is 43.1 Å². The molecule has 1 aromatic carbocycles. The molecule has 0 aliphatic rings. The highest BCUT2D eigenvalue weighted by atomic mass is 15.3. The Morgan fingerprint density at radius 1 is 1.37 bits per heavy atom. The molecule has 0 aliphatic heterocycles. The third-order valence-corrected chi connectivity index (χ3v) is 2.28. The second kappa shape index (κ2) is 6.12. The molecule has 0 unspecified atom stereocenters. The van der Waals surface area contributed by atoms with E-state index in [0.29, 0.717) is 29.6 Å². The Morgan fingerprint density at radius 3 is 3.00 bits per heavy atom. The van der Waals surface area contributed by atoms with E-state index in [1.54, 1.807) is 24.3 Å². The van der Waals surface area contributed by atoms with Crippen LogP contribution in [0.2, 0.25) is 0 Å². The largest absolute Gasteiger partial charge is 0.365 e. The summed E-state index contributed by atoms with van der Waals surface area (Å²) >= 11 is 0. The summed E-state index contributed by atoms with van der Waals surface area (Å²) in [5.74, 6) is 0.920. The van der Waals surface area contributed by atoms with Crippen molar-refractivity contribution in [3.8, 4) is 6.07 Å². The van der Waals surface area contributed by atoms with Crippen molar-refractivity contribution in [2.24, 2.45) is 0 Å². The van der Waals surface area contributed by atoms with E-state index in [1.165, 1.54) is 6.20 Å². The number of para-hydroxylation sites is 1. The van der Waals surface area contributed by atoms with Gasteiger partial charge >= 0.3 is 0 Å². The fourth-order valence-corrected chi connectivity index (χ4v) is 1.43. The molecule has 1 heterocycles. The molecule has 0 atom stereocenters. The van der Waals surface area contributed by atoms with Crippen LogP contribution in [0.25, 0.3) is 0 Å². The third-order valence-electron chi connectivity index (χ3n) is 2.28. The number of nitrogens with one attached hydrogen (secondary N) is 2. The van der Waals surface area contributed by atoms with Crippen molar-refractivity contribution in [3.05, 3.63) is 48.7 Å². The highest BCUT2D eigenvalue weighted by molar-refractivity contribution is 5.62. The van der Waals surface area contributed by atoms with Crippen LogP contribution in [0.1, 0.15) is 5.56 Å². The first-order valence-corrected chi connectivity index (χ1v) is 5.64. The first kappa shape index (κ1) is 12.5. The molecule has 2 N–H and O–H groups in total. The van der Waals surface area contributed by atoms with E-state index in [2.05, 4.69) is 38.5 Å². The average molecular weight is 252 g/mol. The van der Waals surface area contributed by atoms with E-state index >= 15 is 0 Å². The van der Waals surface area contributed by atoms with Crippen LogP contribution in [-0.4, -0.2) is 21.7 Å². The third kappa shape index (κ3) is 3.26. The van der Waals surface area contributed by atoms with Gasteiger partial charge in [-0.1, -0.05) is 18.2 Å². The lowest BCUT2D eigenvalue weighted by atomic mass is 10.2. The molecule has 0 bridgehead atoms. The second-order valence-electron chi connectivity index (χ2n) is 3.62. The smallest absolute Gasteiger partial charge is 0.249 e. The van der Waals surface area contributed by atoms with Gasteiger partial charge in [0.05, 0.1) is 17.4 Å². The minimum atomic E-state index is 0.330. The zero-order chi connectivity index (χ0) is 13.5. The number of anilines is 3. The van der Waals surface area contributed by atoms with Crippen molar-refractivity contribution in [3.63, 3.8) is 0 Å². The highest BCUT2D eigenvalue weighted by Gasteiger charge is 2.04. The van der Waals surface area contributed by atoms with Crippen LogP contribution in [0.4, 0.5) is 17.5 Å². The SMILES string of the molecule is C=CCNc1cnnc(Nc2ccccc2C#N)n1. The molecule has 0 saturated carbocycles. The monoisotopic (exact) mass is 252 g/mol. The molecule has 0 aliphatic carbocycles. The summed E-state index contributed by atoms with van der Waals surface area (Å²) in [6, 6.07) is 9.22. The molecule has 2 rings (SSSR count). The Bertz CT molecular complexity index is 617. The molecule has 0 amide bonds. The lowest BCUT2D eigenvalue weighted by Gasteiger charge is -2.07. The number of nitrogens with zero attached hydrogens (tertiary/aromatic N) is 4. The number of rotatable bonds is 5. The molecule has 6 nitrogen and oxygen atoms in total. The minimum absolute atomic E-state index is 0.330. The van der Waals surface area contributed by atoms with E-state index in [-0.39, 0.29) is 0 Å². The maximum Gasteiger partial charge on any atom is 0.249 e. The molecule has 0 radical (unpaired) electrons. The predicted molar refractivity (Wildman–Crippen MR) is 73.0 cm³/mol. The molecule has 19 heavy (non-hydrogen) atoms. The van der Waals surface area contributed by atoms with E-state index in [0.717, 1.165) is 0 Å². The fourth-order valence-electron chi connectivity index (χ4n) is 1.43. The van der Waals surface area contributed by atoms with Gasteiger partial charge in [-0.2, -0.15) is 15.3 Å². The summed E-state index contributed by atoms with van der Waals surface area (Å²) in [7, 11) is 0. The van der Waals surface area contributed by atoms with Gasteiger partial charge in [-0.25, -0.2) is 0 Å². The van der Waals surface area contributed by atoms with E-state index in [4.69, 9.17) is 5.26 Å². The second-order valence-corrected chi connectivity index (χ2v) is 3.62. The van der Waals surface area contributed by atoms with Crippen LogP contribution >= 0.6 is 0 Å². The average Bonchev–Trinajstić information content (AvgIpc) is 2.46. The van der Waals surface area contributed by atoms with Gasteiger partial charge in [0.15, 0.2) is 5.82 Å². The van der Waals surface area contributed by atoms with Crippen LogP contribution in [-0.2, 0) is 0 Å². The number of benzene rings is 1. The van der Waals surface area contributed by atoms with Gasteiger partial charge in [0.25, 0.3) is 0 Å². The molecule has 94 valence electrons. The van der Waals surface area contributed by atoms with Crippen molar-refractivity contribution in [1.29, 1.82) is 5.26 Å². The van der Waals surface area contributed by atoms with Crippen molar-refractivity contribution >= 4 is 17.5 Å². The van der Waals surface area contributed by atoms with Crippen molar-refractivity contribution in [2.45, 2.75) is 0 Å². The fraction of sp³-hybridized carbons (Fsp3) is 0.0769. The van der Waals surface area contributed by atoms with Crippen molar-refractivity contribution in [1.82, 2.24) is 15.2 Å². The summed E-state index contributed by atoms with van der Waals surface area (Å²) in [4.78, 5) is 4.23. The van der Waals surface area contributed by atoms with Gasteiger partial charge in [-0.15, -0.1) is 11.7 Å². The van der Waals surface area contributed by atoms with Crippen LogP contribution in [0.5, 0.6) is 0 Å². The summed E-state index contributed by atoms with van der Waals surface area (Å²) in [6.07, 6.45) is 3.24. The first-order chi connectivity index (χ1) is 9.33. The zero-order valence-electron chi connectivity index (χ0n) is 10.2. The van der Waals surface area contributed by atoms with Gasteiger partial charge in [-0.05, 0) is 12.1 Å². The lowest BCUT2D eigenvalue weighted by Crippen LogP contribution is -2.05. The topological polar surface area (TPSA) is 86.5 Å². The maximum absolute atomic E-state index is 9.00. The van der Waals surface area contributed by atoms with E-state index in [1.807, 2.05) is 6.07 Å². The summed E-state index contributed by atoms with van der Waals surface area (Å²) in [5.41, 5.74) is 1.17. The Balaban J connectivity index is 2.19. The Kier molecular flexibility index (Phi) is 4.03. The van der Waals surface area contributed by atoms with Gasteiger partial charge in [0, 0.05) is 6.54 Å². The quantitative estimate of drug-likeness (QED) is 0.792. The van der Waals surface area contributed by atoms with Crippen molar-refractivity contribution < 1.29 is 0 Å². The standard InChI is InChI=1S/C13H12N6/c1-2-7-15-12-9-16-19-13(18-12)17-11-6-4-3-5-10(11)8-14/h2-6,9H,1,7H2,(H2,15,17,18,19). The number of nitriles is 1. The van der Waals surface area contributed by atoms with Gasteiger partial charge in [-0.3, -0.25) is 0 Å². The maximum atomic E-state index is 9.00. The normalized spacial score (nSPS) is 9.42. The molecular formula is C13H12N6. The number of aromatic nitrogens is 3. The molecular weight excluding hydrogens is 240 g/mol. The van der Waals surface area contributed by atoms with Crippen LogP contribution < -0.4 is 10.6 Å². The van der Waals surface area contributed by atoms with Crippen LogP contribution in [0.3, 0.4) is 0 Å². The van der Waals surface area contributed by atoms with Crippen molar-refractivity contribution in [2.75, 3.05) is 17.2 Å². The Hall–Kier alpha value is -2.94. The highest BCUT2D eigenvalue weighted by Crippen LogP contribution is 2.17. The molecule has 6 heteroatoms. The number of hydrogen-bond acceptors (Lipinski definition) is 6. The molecule has 0 spiro atoms. The van der Waals surface area contributed by atoms with Gasteiger partial charge < -0.3 is 10.6 Å². The Labute approximate surface area is 110 Å². The number of hydrogen-bond donors (Lipinski definition) is 2. The molecule has 2 aromatic rings. The van der Waals surface area contributed by atoms with Gasteiger partial charge in [0.2, 0.25) is 5.95 Å². The zero-order valence-corrected chi connectivity index (χ0v) is 10.2. The summed E-state index contributed by atoms with van der Waals surface area (Å²) in [5, 5.41) is 22.7. The lowest BCUT2D eigenvalue weighted by molar-refractivity contribution is 0.975. The Morgan fingerprint density at radius 2 is 2.21 bits per heavy atom. The predicted octanol–water partition coefficient (Wildman–Crippen LogP) is 2.08. The van der Waals surface area contributed by atoms with Gasteiger partial charge in [0.1, 0.15) is 6.07 Å². The van der Waals surface area contributed by atoms with E-state index < -0.39 is 0 Å².